The van der Waals surface area contributed by atoms with E-state index in [1.165, 1.54) is 0 Å². The molecule has 34 heavy (non-hydrogen) atoms. The van der Waals surface area contributed by atoms with Gasteiger partial charge in [0.2, 0.25) is 0 Å². The van der Waals surface area contributed by atoms with E-state index in [1.807, 2.05) is 67.8 Å². The van der Waals surface area contributed by atoms with Gasteiger partial charge in [-0.1, -0.05) is 30.3 Å². The smallest absolute Gasteiger partial charge is 0.326 e. The Bertz CT molecular complexity index is 1320. The second-order valence-electron chi connectivity index (χ2n) is 9.14. The minimum absolute atomic E-state index is 0.0487. The number of nitrogens with zero attached hydrogens (tertiary/aromatic N) is 2. The van der Waals surface area contributed by atoms with Crippen molar-refractivity contribution >= 4 is 34.3 Å². The van der Waals surface area contributed by atoms with Gasteiger partial charge in [0.1, 0.15) is 18.0 Å². The molecule has 174 valence electrons. The van der Waals surface area contributed by atoms with Crippen molar-refractivity contribution in [1.29, 1.82) is 0 Å². The molecule has 7 nitrogen and oxygen atoms in total. The molecule has 0 unspecified atom stereocenters. The van der Waals surface area contributed by atoms with Gasteiger partial charge in [0.15, 0.2) is 0 Å². The number of rotatable bonds is 6. The van der Waals surface area contributed by atoms with Gasteiger partial charge in [-0.15, -0.1) is 0 Å². The third kappa shape index (κ3) is 5.61. The first-order valence-electron chi connectivity index (χ1n) is 11.1. The minimum atomic E-state index is -0.577. The summed E-state index contributed by atoms with van der Waals surface area (Å²) in [6.07, 6.45) is 0.561. The van der Waals surface area contributed by atoms with Crippen LogP contribution in [-0.2, 0) is 22.5 Å². The molecule has 7 heteroatoms. The molecule has 0 saturated heterocycles. The van der Waals surface area contributed by atoms with E-state index in [0.717, 1.165) is 16.9 Å². The zero-order valence-corrected chi connectivity index (χ0v) is 19.5. The monoisotopic (exact) mass is 456 g/mol. The summed E-state index contributed by atoms with van der Waals surface area (Å²) in [5, 5.41) is 2.90. The molecule has 1 aromatic heterocycles. The van der Waals surface area contributed by atoms with Gasteiger partial charge in [-0.25, -0.2) is 4.98 Å². The van der Waals surface area contributed by atoms with Gasteiger partial charge in [-0.3, -0.25) is 9.59 Å². The summed E-state index contributed by atoms with van der Waals surface area (Å²) in [5.41, 5.74) is 9.41. The molecule has 0 atom stereocenters. The average Bonchev–Trinajstić information content (AvgIpc) is 3.09. The van der Waals surface area contributed by atoms with Crippen LogP contribution in [0.5, 0.6) is 0 Å². The Kier molecular flexibility index (Phi) is 6.36. The van der Waals surface area contributed by atoms with E-state index in [-0.39, 0.29) is 18.4 Å². The van der Waals surface area contributed by atoms with Crippen molar-refractivity contribution in [1.82, 2.24) is 9.55 Å². The molecule has 0 fully saturated rings. The van der Waals surface area contributed by atoms with Crippen molar-refractivity contribution < 1.29 is 14.3 Å². The van der Waals surface area contributed by atoms with Crippen molar-refractivity contribution in [3.05, 3.63) is 89.7 Å². The van der Waals surface area contributed by atoms with Gasteiger partial charge < -0.3 is 20.4 Å². The number of aromatic nitrogens is 2. The fraction of sp³-hybridized carbons (Fsp3) is 0.222. The molecule has 0 saturated carbocycles. The molecule has 3 aromatic carbocycles. The molecule has 4 rings (SSSR count). The largest absolute Gasteiger partial charge is 0.459 e. The highest BCUT2D eigenvalue weighted by molar-refractivity contribution is 6.05. The van der Waals surface area contributed by atoms with Gasteiger partial charge in [0.05, 0.1) is 11.0 Å². The lowest BCUT2D eigenvalue weighted by molar-refractivity contribution is -0.155. The molecular weight excluding hydrogens is 428 g/mol. The molecule has 0 spiro atoms. The van der Waals surface area contributed by atoms with Crippen LogP contribution >= 0.6 is 0 Å². The number of hydrogen-bond acceptors (Lipinski definition) is 5. The number of benzene rings is 3. The van der Waals surface area contributed by atoms with E-state index in [4.69, 9.17) is 15.5 Å². The predicted molar refractivity (Wildman–Crippen MR) is 134 cm³/mol. The molecule has 0 aliphatic carbocycles. The molecule has 0 aliphatic heterocycles. The first-order valence-corrected chi connectivity index (χ1v) is 11.1. The molecular formula is C27H28N4O3. The Morgan fingerprint density at radius 1 is 1.00 bits per heavy atom. The van der Waals surface area contributed by atoms with Crippen molar-refractivity contribution in [2.45, 2.75) is 39.3 Å². The first kappa shape index (κ1) is 23.0. The Hall–Kier alpha value is -4.13. The van der Waals surface area contributed by atoms with E-state index < -0.39 is 5.60 Å². The van der Waals surface area contributed by atoms with Crippen molar-refractivity contribution in [2.75, 3.05) is 11.1 Å². The Morgan fingerprint density at radius 2 is 1.71 bits per heavy atom. The van der Waals surface area contributed by atoms with E-state index in [0.29, 0.717) is 28.9 Å². The number of ether oxygens (including phenoxy) is 1. The zero-order chi connectivity index (χ0) is 24.3. The highest BCUT2D eigenvalue weighted by Crippen LogP contribution is 2.23. The number of nitrogen functional groups attached to an aromatic ring is 1. The van der Waals surface area contributed by atoms with Crippen LogP contribution in [0.15, 0.2) is 72.8 Å². The molecule has 4 aromatic rings. The van der Waals surface area contributed by atoms with Crippen molar-refractivity contribution in [3.8, 4) is 0 Å². The zero-order valence-electron chi connectivity index (χ0n) is 19.5. The number of hydrogen-bond donors (Lipinski definition) is 2. The van der Waals surface area contributed by atoms with E-state index in [2.05, 4.69) is 5.32 Å². The fourth-order valence-electron chi connectivity index (χ4n) is 3.69. The van der Waals surface area contributed by atoms with Crippen LogP contribution in [0.1, 0.15) is 42.5 Å². The first-order chi connectivity index (χ1) is 16.2. The average molecular weight is 457 g/mol. The highest BCUT2D eigenvalue weighted by Gasteiger charge is 2.20. The SMILES string of the molecule is CC(C)(C)OC(=O)Cn1c(Cc2ccccc2)nc2cc(NC(=O)c3ccc(N)cc3)ccc21. The summed E-state index contributed by atoms with van der Waals surface area (Å²) >= 11 is 0. The van der Waals surface area contributed by atoms with Gasteiger partial charge in [-0.2, -0.15) is 0 Å². The second kappa shape index (κ2) is 9.39. The van der Waals surface area contributed by atoms with Crippen LogP contribution in [0, 0.1) is 0 Å². The number of esters is 1. The maximum absolute atomic E-state index is 12.6. The lowest BCUT2D eigenvalue weighted by atomic mass is 10.1. The number of imidazole rings is 1. The third-order valence-electron chi connectivity index (χ3n) is 5.17. The van der Waals surface area contributed by atoms with Crippen molar-refractivity contribution in [2.24, 2.45) is 0 Å². The highest BCUT2D eigenvalue weighted by atomic mass is 16.6. The summed E-state index contributed by atoms with van der Waals surface area (Å²) in [5.74, 6) is 0.174. The van der Waals surface area contributed by atoms with Crippen LogP contribution < -0.4 is 11.1 Å². The van der Waals surface area contributed by atoms with Crippen LogP contribution in [0.25, 0.3) is 11.0 Å². The normalized spacial score (nSPS) is 11.4. The maximum Gasteiger partial charge on any atom is 0.326 e. The van der Waals surface area contributed by atoms with Gasteiger partial charge in [0.25, 0.3) is 5.91 Å². The number of amides is 1. The lowest BCUT2D eigenvalue weighted by Gasteiger charge is -2.20. The van der Waals surface area contributed by atoms with E-state index in [9.17, 15) is 9.59 Å². The molecule has 1 heterocycles. The van der Waals surface area contributed by atoms with Gasteiger partial charge >= 0.3 is 5.97 Å². The summed E-state index contributed by atoms with van der Waals surface area (Å²) in [7, 11) is 0. The third-order valence-corrected chi connectivity index (χ3v) is 5.17. The van der Waals surface area contributed by atoms with Crippen LogP contribution in [0.4, 0.5) is 11.4 Å². The number of fused-ring (bicyclic) bond motifs is 1. The lowest BCUT2D eigenvalue weighted by Crippen LogP contribution is -2.27. The Labute approximate surface area is 198 Å². The topological polar surface area (TPSA) is 99.2 Å². The maximum atomic E-state index is 12.6. The predicted octanol–water partition coefficient (Wildman–Crippen LogP) is 4.80. The van der Waals surface area contributed by atoms with Gasteiger partial charge in [0, 0.05) is 23.4 Å². The number of nitrogens with one attached hydrogen (secondary N) is 1. The Morgan fingerprint density at radius 3 is 2.38 bits per heavy atom. The summed E-state index contributed by atoms with van der Waals surface area (Å²) in [6.45, 7) is 5.58. The number of anilines is 2. The molecule has 0 radical (unpaired) electrons. The van der Waals surface area contributed by atoms with Crippen molar-refractivity contribution in [3.63, 3.8) is 0 Å². The fourth-order valence-corrected chi connectivity index (χ4v) is 3.69. The molecule has 1 amide bonds. The van der Waals surface area contributed by atoms with Gasteiger partial charge in [-0.05, 0) is 68.8 Å². The summed E-state index contributed by atoms with van der Waals surface area (Å²) in [4.78, 5) is 30.0. The Balaban J connectivity index is 1.65. The van der Waals surface area contributed by atoms with Crippen LogP contribution in [0.3, 0.4) is 0 Å². The van der Waals surface area contributed by atoms with E-state index in [1.54, 1.807) is 30.3 Å². The second-order valence-corrected chi connectivity index (χ2v) is 9.14. The number of carbonyl (C=O) groups excluding carboxylic acids is 2. The van der Waals surface area contributed by atoms with Crippen LogP contribution in [-0.4, -0.2) is 27.0 Å². The van der Waals surface area contributed by atoms with E-state index >= 15 is 0 Å². The standard InChI is InChI=1S/C27H28N4O3/c1-27(2,3)34-25(32)17-31-23-14-13-21(29-26(33)19-9-11-20(28)12-10-19)16-22(23)30-24(31)15-18-7-5-4-6-8-18/h4-14,16H,15,17,28H2,1-3H3,(H,29,33). The minimum Gasteiger partial charge on any atom is -0.459 e. The quantitative estimate of drug-likeness (QED) is 0.321. The number of carbonyl (C=O) groups is 2. The molecule has 0 bridgehead atoms. The van der Waals surface area contributed by atoms with Crippen LogP contribution in [0.2, 0.25) is 0 Å². The summed E-state index contributed by atoms with van der Waals surface area (Å²) in [6, 6.07) is 22.2. The molecule has 3 N–H and O–H groups in total. The summed E-state index contributed by atoms with van der Waals surface area (Å²) < 4.78 is 7.42. The molecule has 0 aliphatic rings. The number of nitrogens with two attached hydrogens (primary N) is 1.